The SMILES string of the molecule is CNNC(O)CN. The van der Waals surface area contributed by atoms with Crippen LogP contribution in [0.5, 0.6) is 0 Å². The maximum absolute atomic E-state index is 8.56. The van der Waals surface area contributed by atoms with E-state index in [0.29, 0.717) is 0 Å². The van der Waals surface area contributed by atoms with Gasteiger partial charge in [-0.1, -0.05) is 0 Å². The van der Waals surface area contributed by atoms with Crippen molar-refractivity contribution in [3.05, 3.63) is 0 Å². The van der Waals surface area contributed by atoms with Gasteiger partial charge in [0.2, 0.25) is 0 Å². The summed E-state index contributed by atoms with van der Waals surface area (Å²) in [5.74, 6) is 0. The van der Waals surface area contributed by atoms with E-state index in [1.54, 1.807) is 7.05 Å². The zero-order valence-corrected chi connectivity index (χ0v) is 4.31. The average Bonchev–Trinajstić information content (AvgIpc) is 1.68. The van der Waals surface area contributed by atoms with Crippen LogP contribution >= 0.6 is 0 Å². The van der Waals surface area contributed by atoms with Crippen LogP contribution in [0.3, 0.4) is 0 Å². The highest BCUT2D eigenvalue weighted by atomic mass is 16.3. The lowest BCUT2D eigenvalue weighted by atomic mass is 10.6. The Balaban J connectivity index is 2.83. The van der Waals surface area contributed by atoms with Gasteiger partial charge in [0.25, 0.3) is 0 Å². The van der Waals surface area contributed by atoms with Crippen molar-refractivity contribution in [1.82, 2.24) is 10.9 Å². The van der Waals surface area contributed by atoms with Crippen molar-refractivity contribution in [2.75, 3.05) is 13.6 Å². The molecule has 0 heterocycles. The zero-order valence-electron chi connectivity index (χ0n) is 4.31. The molecule has 0 bridgehead atoms. The van der Waals surface area contributed by atoms with Gasteiger partial charge in [-0.15, -0.1) is 0 Å². The van der Waals surface area contributed by atoms with E-state index in [4.69, 9.17) is 10.8 Å². The topological polar surface area (TPSA) is 70.3 Å². The minimum absolute atomic E-state index is 0.223. The molecule has 7 heavy (non-hydrogen) atoms. The third-order valence-corrected chi connectivity index (χ3v) is 0.534. The fraction of sp³-hybridized carbons (Fsp3) is 1.00. The van der Waals surface area contributed by atoms with E-state index in [-0.39, 0.29) is 6.54 Å². The average molecular weight is 105 g/mol. The van der Waals surface area contributed by atoms with E-state index in [0.717, 1.165) is 0 Å². The fourth-order valence-corrected chi connectivity index (χ4v) is 0.226. The molecule has 0 aliphatic rings. The van der Waals surface area contributed by atoms with Gasteiger partial charge in [-0.25, -0.2) is 5.43 Å². The van der Waals surface area contributed by atoms with Crippen molar-refractivity contribution in [3.63, 3.8) is 0 Å². The number of nitrogens with two attached hydrogens (primary N) is 1. The van der Waals surface area contributed by atoms with Gasteiger partial charge in [-0.2, -0.15) is 0 Å². The van der Waals surface area contributed by atoms with E-state index in [9.17, 15) is 0 Å². The van der Waals surface area contributed by atoms with Crippen molar-refractivity contribution < 1.29 is 5.11 Å². The third kappa shape index (κ3) is 3.68. The van der Waals surface area contributed by atoms with Crippen molar-refractivity contribution in [3.8, 4) is 0 Å². The molecular formula is C3H11N3O. The molecule has 4 heteroatoms. The van der Waals surface area contributed by atoms with Crippen molar-refractivity contribution in [2.45, 2.75) is 6.23 Å². The Bertz CT molecular complexity index is 41.2. The molecule has 0 aromatic heterocycles. The number of rotatable bonds is 3. The van der Waals surface area contributed by atoms with Gasteiger partial charge < -0.3 is 10.8 Å². The van der Waals surface area contributed by atoms with Crippen molar-refractivity contribution in [2.24, 2.45) is 5.73 Å². The first-order chi connectivity index (χ1) is 3.31. The summed E-state index contributed by atoms with van der Waals surface area (Å²) >= 11 is 0. The maximum atomic E-state index is 8.56. The van der Waals surface area contributed by atoms with Gasteiger partial charge in [-0.3, -0.25) is 5.43 Å². The molecule has 0 aliphatic carbocycles. The number of hydrazine groups is 1. The quantitative estimate of drug-likeness (QED) is 0.247. The molecule has 0 aromatic carbocycles. The summed E-state index contributed by atoms with van der Waals surface area (Å²) in [5, 5.41) is 8.56. The lowest BCUT2D eigenvalue weighted by Crippen LogP contribution is -2.42. The number of aliphatic hydroxyl groups is 1. The molecular weight excluding hydrogens is 94.1 g/mol. The van der Waals surface area contributed by atoms with Crippen LogP contribution in [0.25, 0.3) is 0 Å². The summed E-state index contributed by atoms with van der Waals surface area (Å²) in [6, 6.07) is 0. The predicted molar refractivity (Wildman–Crippen MR) is 27.3 cm³/mol. The molecule has 0 aromatic rings. The lowest BCUT2D eigenvalue weighted by molar-refractivity contribution is 0.131. The minimum atomic E-state index is -0.634. The summed E-state index contributed by atoms with van der Waals surface area (Å²) in [6.07, 6.45) is -0.634. The normalized spacial score (nSPS) is 14.1. The Kier molecular flexibility index (Phi) is 3.92. The number of nitrogens with one attached hydrogen (secondary N) is 2. The molecule has 0 saturated heterocycles. The van der Waals surface area contributed by atoms with E-state index < -0.39 is 6.23 Å². The molecule has 5 N–H and O–H groups in total. The largest absolute Gasteiger partial charge is 0.376 e. The molecule has 0 fully saturated rings. The van der Waals surface area contributed by atoms with Crippen LogP contribution in [0, 0.1) is 0 Å². The molecule has 1 atom stereocenters. The highest BCUT2D eigenvalue weighted by Crippen LogP contribution is 1.60. The molecule has 0 radical (unpaired) electrons. The highest BCUT2D eigenvalue weighted by molar-refractivity contribution is 4.43. The Morgan fingerprint density at radius 3 is 2.57 bits per heavy atom. The maximum Gasteiger partial charge on any atom is 0.129 e. The number of hydrogen-bond donors (Lipinski definition) is 4. The summed E-state index contributed by atoms with van der Waals surface area (Å²) in [5.41, 5.74) is 10.0. The van der Waals surface area contributed by atoms with E-state index >= 15 is 0 Å². The van der Waals surface area contributed by atoms with Crippen LogP contribution in [0.4, 0.5) is 0 Å². The first-order valence-electron chi connectivity index (χ1n) is 2.11. The second kappa shape index (κ2) is 4.01. The highest BCUT2D eigenvalue weighted by Gasteiger charge is 1.92. The second-order valence-corrected chi connectivity index (χ2v) is 1.15. The molecule has 1 unspecified atom stereocenters. The molecule has 0 spiro atoms. The van der Waals surface area contributed by atoms with Crippen LogP contribution in [0.2, 0.25) is 0 Å². The summed E-state index contributed by atoms with van der Waals surface area (Å²) in [4.78, 5) is 0. The molecule has 4 nitrogen and oxygen atoms in total. The van der Waals surface area contributed by atoms with Crippen molar-refractivity contribution >= 4 is 0 Å². The monoisotopic (exact) mass is 105 g/mol. The molecule has 0 saturated carbocycles. The molecule has 0 aliphatic heterocycles. The van der Waals surface area contributed by atoms with Gasteiger partial charge in [0.15, 0.2) is 0 Å². The van der Waals surface area contributed by atoms with Gasteiger partial charge in [0.1, 0.15) is 6.23 Å². The van der Waals surface area contributed by atoms with Gasteiger partial charge >= 0.3 is 0 Å². The van der Waals surface area contributed by atoms with Crippen LogP contribution in [0.15, 0.2) is 0 Å². The van der Waals surface area contributed by atoms with E-state index in [2.05, 4.69) is 10.9 Å². The number of hydrogen-bond acceptors (Lipinski definition) is 4. The number of aliphatic hydroxyl groups excluding tert-OH is 1. The Morgan fingerprint density at radius 2 is 2.43 bits per heavy atom. The Hall–Kier alpha value is -0.160. The third-order valence-electron chi connectivity index (χ3n) is 0.534. The smallest absolute Gasteiger partial charge is 0.129 e. The van der Waals surface area contributed by atoms with Gasteiger partial charge in [-0.05, 0) is 7.05 Å². The van der Waals surface area contributed by atoms with Gasteiger partial charge in [0.05, 0.1) is 0 Å². The minimum Gasteiger partial charge on any atom is -0.376 e. The first-order valence-corrected chi connectivity index (χ1v) is 2.11. The van der Waals surface area contributed by atoms with Crippen LogP contribution in [-0.4, -0.2) is 24.9 Å². The Morgan fingerprint density at radius 1 is 1.86 bits per heavy atom. The molecule has 0 rings (SSSR count). The van der Waals surface area contributed by atoms with Gasteiger partial charge in [0, 0.05) is 6.54 Å². The molecule has 44 valence electrons. The van der Waals surface area contributed by atoms with Crippen molar-refractivity contribution in [1.29, 1.82) is 0 Å². The van der Waals surface area contributed by atoms with E-state index in [1.165, 1.54) is 0 Å². The summed E-state index contributed by atoms with van der Waals surface area (Å²) in [6.45, 7) is 0.223. The zero-order chi connectivity index (χ0) is 5.70. The van der Waals surface area contributed by atoms with Crippen LogP contribution < -0.4 is 16.6 Å². The summed E-state index contributed by atoms with van der Waals surface area (Å²) < 4.78 is 0. The van der Waals surface area contributed by atoms with E-state index in [1.807, 2.05) is 0 Å². The van der Waals surface area contributed by atoms with Crippen LogP contribution in [0.1, 0.15) is 0 Å². The lowest BCUT2D eigenvalue weighted by Gasteiger charge is -2.06. The van der Waals surface area contributed by atoms with Crippen LogP contribution in [-0.2, 0) is 0 Å². The standard InChI is InChI=1S/C3H11N3O/c1-5-6-3(7)2-4/h3,5-7H,2,4H2,1H3. The molecule has 0 amide bonds. The Labute approximate surface area is 42.7 Å². The first kappa shape index (κ1) is 6.84. The second-order valence-electron chi connectivity index (χ2n) is 1.15. The fourth-order valence-electron chi connectivity index (χ4n) is 0.226. The predicted octanol–water partition coefficient (Wildman–Crippen LogP) is -2.01. The summed E-state index contributed by atoms with van der Waals surface area (Å²) in [7, 11) is 1.67.